The second kappa shape index (κ2) is 7.45. The number of esters is 1. The maximum absolute atomic E-state index is 12.3. The molecule has 0 heterocycles. The highest BCUT2D eigenvalue weighted by Gasteiger charge is 2.24. The molecule has 0 spiro atoms. The van der Waals surface area contributed by atoms with Crippen LogP contribution in [-0.4, -0.2) is 45.5 Å². The number of aryl methyl sites for hydroxylation is 2. The predicted molar refractivity (Wildman–Crippen MR) is 87.9 cm³/mol. The lowest BCUT2D eigenvalue weighted by Crippen LogP contribution is -2.42. The molecule has 1 aromatic rings. The van der Waals surface area contributed by atoms with Crippen LogP contribution in [0.1, 0.15) is 27.9 Å². The van der Waals surface area contributed by atoms with E-state index in [0.717, 1.165) is 17.4 Å². The molecule has 0 aliphatic rings. The van der Waals surface area contributed by atoms with Crippen LogP contribution >= 0.6 is 0 Å². The molecule has 7 nitrogen and oxygen atoms in total. The van der Waals surface area contributed by atoms with Gasteiger partial charge >= 0.3 is 5.97 Å². The van der Waals surface area contributed by atoms with Gasteiger partial charge in [0.1, 0.15) is 15.9 Å². The third-order valence-corrected chi connectivity index (χ3v) is 4.40. The molecule has 0 aliphatic carbocycles. The number of nitrogens with one attached hydrogen (secondary N) is 1. The number of nitrogens with two attached hydrogens (primary N) is 1. The molecule has 0 saturated carbocycles. The van der Waals surface area contributed by atoms with Crippen LogP contribution in [-0.2, 0) is 19.4 Å². The van der Waals surface area contributed by atoms with Crippen molar-refractivity contribution >= 4 is 27.4 Å². The monoisotopic (exact) mass is 342 g/mol. The summed E-state index contributed by atoms with van der Waals surface area (Å²) >= 11 is 0. The Bertz CT molecular complexity index is 690. The fourth-order valence-electron chi connectivity index (χ4n) is 2.07. The Labute approximate surface area is 136 Å². The second-order valence-corrected chi connectivity index (χ2v) is 7.75. The van der Waals surface area contributed by atoms with Gasteiger partial charge in [-0.2, -0.15) is 0 Å². The summed E-state index contributed by atoms with van der Waals surface area (Å²) in [6, 6.07) is 2.20. The van der Waals surface area contributed by atoms with Crippen LogP contribution in [0.25, 0.3) is 0 Å². The number of nitrogen functional groups attached to an aromatic ring is 1. The van der Waals surface area contributed by atoms with Gasteiger partial charge in [0, 0.05) is 17.5 Å². The molecule has 0 bridgehead atoms. The molecule has 1 rings (SSSR count). The lowest BCUT2D eigenvalue weighted by Gasteiger charge is -2.17. The van der Waals surface area contributed by atoms with Crippen molar-refractivity contribution in [3.8, 4) is 0 Å². The first kappa shape index (κ1) is 19.0. The van der Waals surface area contributed by atoms with Gasteiger partial charge in [0.25, 0.3) is 5.91 Å². The highest BCUT2D eigenvalue weighted by Crippen LogP contribution is 2.18. The lowest BCUT2D eigenvalue weighted by atomic mass is 10.0. The number of rotatable bonds is 6. The van der Waals surface area contributed by atoms with Gasteiger partial charge < -0.3 is 15.8 Å². The fraction of sp³-hybridized carbons (Fsp3) is 0.467. The van der Waals surface area contributed by atoms with Crippen molar-refractivity contribution in [2.24, 2.45) is 0 Å². The number of benzene rings is 1. The number of methoxy groups -OCH3 is 1. The third-order valence-electron chi connectivity index (χ3n) is 3.42. The first-order chi connectivity index (χ1) is 10.5. The molecule has 0 fully saturated rings. The fourth-order valence-corrected chi connectivity index (χ4v) is 2.73. The van der Waals surface area contributed by atoms with Gasteiger partial charge in [0.15, 0.2) is 0 Å². The Balaban J connectivity index is 2.94. The third kappa shape index (κ3) is 5.55. The summed E-state index contributed by atoms with van der Waals surface area (Å²) in [5.74, 6) is -1.40. The zero-order valence-corrected chi connectivity index (χ0v) is 14.5. The lowest BCUT2D eigenvalue weighted by molar-refractivity contribution is -0.142. The van der Waals surface area contributed by atoms with Crippen molar-refractivity contribution in [3.05, 3.63) is 28.8 Å². The molecule has 1 amide bonds. The van der Waals surface area contributed by atoms with Crippen molar-refractivity contribution in [3.63, 3.8) is 0 Å². The summed E-state index contributed by atoms with van der Waals surface area (Å²) in [4.78, 5) is 24.0. The van der Waals surface area contributed by atoms with E-state index in [1.54, 1.807) is 26.0 Å². The van der Waals surface area contributed by atoms with Gasteiger partial charge in [-0.25, -0.2) is 13.2 Å². The molecule has 0 aliphatic heterocycles. The molecule has 23 heavy (non-hydrogen) atoms. The minimum atomic E-state index is -3.26. The number of carbonyl (C=O) groups excluding carboxylic acids is 2. The summed E-state index contributed by atoms with van der Waals surface area (Å²) in [6.45, 7) is 3.56. The second-order valence-electron chi connectivity index (χ2n) is 5.49. The first-order valence-corrected chi connectivity index (χ1v) is 9.04. The molecular formula is C15H22N2O5S. The maximum atomic E-state index is 12.3. The number of sulfone groups is 1. The standard InChI is InChI=1S/C15H22N2O5S/c1-9-7-11(8-10(2)13(9)16)14(18)17-12(15(19)22-3)5-6-23(4,20)21/h7-8,12H,5-6,16H2,1-4H3,(H,17,18). The molecule has 1 atom stereocenters. The number of amides is 1. The van der Waals surface area contributed by atoms with E-state index in [1.165, 1.54) is 7.11 Å². The van der Waals surface area contributed by atoms with Crippen molar-refractivity contribution in [2.75, 3.05) is 24.9 Å². The van der Waals surface area contributed by atoms with E-state index in [4.69, 9.17) is 5.73 Å². The van der Waals surface area contributed by atoms with Crippen LogP contribution in [0.2, 0.25) is 0 Å². The largest absolute Gasteiger partial charge is 0.467 e. The average molecular weight is 342 g/mol. The summed E-state index contributed by atoms with van der Waals surface area (Å²) in [5.41, 5.74) is 8.30. The van der Waals surface area contributed by atoms with E-state index in [9.17, 15) is 18.0 Å². The smallest absolute Gasteiger partial charge is 0.328 e. The summed E-state index contributed by atoms with van der Waals surface area (Å²) in [7, 11) is -2.08. The highest BCUT2D eigenvalue weighted by atomic mass is 32.2. The van der Waals surface area contributed by atoms with Gasteiger partial charge in [-0.05, 0) is 43.5 Å². The van der Waals surface area contributed by atoms with Gasteiger partial charge in [-0.3, -0.25) is 4.79 Å². The van der Waals surface area contributed by atoms with Crippen molar-refractivity contribution in [1.82, 2.24) is 5.32 Å². The quantitative estimate of drug-likeness (QED) is 0.577. The van der Waals surface area contributed by atoms with Gasteiger partial charge in [-0.1, -0.05) is 0 Å². The predicted octanol–water partition coefficient (Wildman–Crippen LogP) is 0.592. The van der Waals surface area contributed by atoms with Crippen LogP contribution in [0.3, 0.4) is 0 Å². The van der Waals surface area contributed by atoms with Crippen LogP contribution in [0, 0.1) is 13.8 Å². The molecule has 3 N–H and O–H groups in total. The van der Waals surface area contributed by atoms with E-state index in [1.807, 2.05) is 0 Å². The highest BCUT2D eigenvalue weighted by molar-refractivity contribution is 7.90. The Morgan fingerprint density at radius 3 is 2.22 bits per heavy atom. The molecule has 0 aromatic heterocycles. The summed E-state index contributed by atoms with van der Waals surface area (Å²) < 4.78 is 27.1. The topological polar surface area (TPSA) is 116 Å². The number of hydrogen-bond donors (Lipinski definition) is 2. The van der Waals surface area contributed by atoms with E-state index in [0.29, 0.717) is 11.3 Å². The number of hydrogen-bond acceptors (Lipinski definition) is 6. The summed E-state index contributed by atoms with van der Waals surface area (Å²) in [5, 5.41) is 2.51. The van der Waals surface area contributed by atoms with Crippen molar-refractivity contribution in [2.45, 2.75) is 26.3 Å². The molecule has 1 aromatic carbocycles. The van der Waals surface area contributed by atoms with Crippen LogP contribution in [0.15, 0.2) is 12.1 Å². The molecule has 8 heteroatoms. The van der Waals surface area contributed by atoms with Crippen molar-refractivity contribution < 1.29 is 22.7 Å². The van der Waals surface area contributed by atoms with E-state index < -0.39 is 27.8 Å². The van der Waals surface area contributed by atoms with Crippen LogP contribution in [0.4, 0.5) is 5.69 Å². The molecule has 0 radical (unpaired) electrons. The number of anilines is 1. The molecular weight excluding hydrogens is 320 g/mol. The molecule has 128 valence electrons. The summed E-state index contributed by atoms with van der Waals surface area (Å²) in [6.07, 6.45) is 1.01. The minimum Gasteiger partial charge on any atom is -0.467 e. The Kier molecular flexibility index (Phi) is 6.14. The van der Waals surface area contributed by atoms with E-state index in [-0.39, 0.29) is 12.2 Å². The van der Waals surface area contributed by atoms with E-state index in [2.05, 4.69) is 10.1 Å². The Hall–Kier alpha value is -2.09. The average Bonchev–Trinajstić information content (AvgIpc) is 2.46. The SMILES string of the molecule is COC(=O)C(CCS(C)(=O)=O)NC(=O)c1cc(C)c(N)c(C)c1. The molecule has 0 saturated heterocycles. The van der Waals surface area contributed by atoms with Crippen LogP contribution < -0.4 is 11.1 Å². The normalized spacial score (nSPS) is 12.5. The van der Waals surface area contributed by atoms with Crippen molar-refractivity contribution in [1.29, 1.82) is 0 Å². The molecule has 1 unspecified atom stereocenters. The van der Waals surface area contributed by atoms with Gasteiger partial charge in [0.05, 0.1) is 12.9 Å². The first-order valence-electron chi connectivity index (χ1n) is 6.98. The zero-order valence-electron chi connectivity index (χ0n) is 13.7. The maximum Gasteiger partial charge on any atom is 0.328 e. The van der Waals surface area contributed by atoms with E-state index >= 15 is 0 Å². The number of ether oxygens (including phenoxy) is 1. The number of carbonyl (C=O) groups is 2. The Morgan fingerprint density at radius 1 is 1.26 bits per heavy atom. The zero-order chi connectivity index (χ0) is 17.8. The van der Waals surface area contributed by atoms with Gasteiger partial charge in [-0.15, -0.1) is 0 Å². The van der Waals surface area contributed by atoms with Gasteiger partial charge in [0.2, 0.25) is 0 Å². The minimum absolute atomic E-state index is 0.0514. The Morgan fingerprint density at radius 2 is 1.78 bits per heavy atom. The van der Waals surface area contributed by atoms with Crippen LogP contribution in [0.5, 0.6) is 0 Å².